The summed E-state index contributed by atoms with van der Waals surface area (Å²) in [7, 11) is 3.13. The molecule has 1 aromatic heterocycles. The summed E-state index contributed by atoms with van der Waals surface area (Å²) < 4.78 is 12.6. The Morgan fingerprint density at radius 3 is 2.77 bits per heavy atom. The summed E-state index contributed by atoms with van der Waals surface area (Å²) in [6.07, 6.45) is 1.58. The van der Waals surface area contributed by atoms with Gasteiger partial charge in [-0.1, -0.05) is 33.8 Å². The van der Waals surface area contributed by atoms with E-state index < -0.39 is 0 Å². The molecule has 0 aliphatic carbocycles. The molecule has 0 unspecified atom stereocenters. The van der Waals surface area contributed by atoms with Gasteiger partial charge in [0.25, 0.3) is 5.95 Å². The summed E-state index contributed by atoms with van der Waals surface area (Å²) in [6, 6.07) is 12.7. The largest absolute Gasteiger partial charge is 0.493 e. The fourth-order valence-corrected chi connectivity index (χ4v) is 3.50. The number of nitrogens with zero attached hydrogens (tertiary/aromatic N) is 4. The third-order valence-electron chi connectivity index (χ3n) is 3.89. The number of hydrogen-bond donors (Lipinski definition) is 3. The number of amides is 1. The predicted molar refractivity (Wildman–Crippen MR) is 124 cm³/mol. The number of carbonyl (C=O) groups is 1. The normalized spacial score (nSPS) is 10.8. The Morgan fingerprint density at radius 1 is 1.23 bits per heavy atom. The van der Waals surface area contributed by atoms with Crippen molar-refractivity contribution in [1.82, 2.24) is 14.9 Å². The van der Waals surface area contributed by atoms with Crippen LogP contribution in [0.4, 0.5) is 11.6 Å². The van der Waals surface area contributed by atoms with Gasteiger partial charge in [-0.2, -0.15) is 5.10 Å². The van der Waals surface area contributed by atoms with Gasteiger partial charge in [-0.05, 0) is 42.0 Å². The molecule has 0 atom stereocenters. The lowest BCUT2D eigenvalue weighted by molar-refractivity contribution is -0.113. The van der Waals surface area contributed by atoms with Crippen LogP contribution in [-0.2, 0) is 4.79 Å². The summed E-state index contributed by atoms with van der Waals surface area (Å²) in [5.74, 6) is 7.36. The zero-order valence-corrected chi connectivity index (χ0v) is 19.1. The first kappa shape index (κ1) is 22.4. The van der Waals surface area contributed by atoms with Gasteiger partial charge >= 0.3 is 0 Å². The van der Waals surface area contributed by atoms with Gasteiger partial charge in [0.2, 0.25) is 11.1 Å². The van der Waals surface area contributed by atoms with E-state index in [0.29, 0.717) is 22.3 Å². The Hall–Kier alpha value is -3.25. The monoisotopic (exact) mass is 505 g/mol. The molecule has 3 rings (SSSR count). The van der Waals surface area contributed by atoms with Crippen molar-refractivity contribution in [2.45, 2.75) is 5.16 Å². The highest BCUT2D eigenvalue weighted by molar-refractivity contribution is 9.10. The molecule has 31 heavy (non-hydrogen) atoms. The van der Waals surface area contributed by atoms with Crippen LogP contribution in [0.1, 0.15) is 5.56 Å². The highest BCUT2D eigenvalue weighted by Crippen LogP contribution is 2.27. The maximum absolute atomic E-state index is 12.1. The molecule has 1 amide bonds. The third-order valence-corrected chi connectivity index (χ3v) is 5.33. The van der Waals surface area contributed by atoms with Crippen LogP contribution < -0.4 is 26.1 Å². The van der Waals surface area contributed by atoms with Crippen molar-refractivity contribution in [1.29, 1.82) is 0 Å². The highest BCUT2D eigenvalue weighted by atomic mass is 79.9. The Kier molecular flexibility index (Phi) is 7.73. The average Bonchev–Trinajstić information content (AvgIpc) is 3.11. The summed E-state index contributed by atoms with van der Waals surface area (Å²) in [4.78, 5) is 12.1. The second kappa shape index (κ2) is 10.7. The van der Waals surface area contributed by atoms with Crippen LogP contribution in [0.2, 0.25) is 0 Å². The Labute approximate surface area is 191 Å². The second-order valence-corrected chi connectivity index (χ2v) is 7.87. The molecular formula is C19H20BrN7O3S. The first-order valence-corrected chi connectivity index (χ1v) is 10.7. The van der Waals surface area contributed by atoms with Gasteiger partial charge in [-0.3, -0.25) is 4.79 Å². The summed E-state index contributed by atoms with van der Waals surface area (Å²) in [5.41, 5.74) is 4.20. The zero-order valence-electron chi connectivity index (χ0n) is 16.7. The molecule has 12 heteroatoms. The van der Waals surface area contributed by atoms with Gasteiger partial charge in [-0.15, -0.1) is 10.2 Å². The summed E-state index contributed by atoms with van der Waals surface area (Å²) in [6.45, 7) is 0. The minimum Gasteiger partial charge on any atom is -0.493 e. The number of hydrazone groups is 1. The number of nitrogens with two attached hydrogens (primary N) is 1. The Bertz CT molecular complexity index is 1090. The minimum atomic E-state index is -0.188. The van der Waals surface area contributed by atoms with Crippen LogP contribution in [0.5, 0.6) is 11.5 Å². The van der Waals surface area contributed by atoms with E-state index in [1.807, 2.05) is 24.3 Å². The smallest absolute Gasteiger partial charge is 0.264 e. The molecule has 0 saturated carbocycles. The van der Waals surface area contributed by atoms with Crippen LogP contribution in [0.25, 0.3) is 0 Å². The topological polar surface area (TPSA) is 129 Å². The molecular weight excluding hydrogens is 486 g/mol. The molecule has 1 heterocycles. The number of nitrogens with one attached hydrogen (secondary N) is 2. The number of rotatable bonds is 9. The number of carbonyl (C=O) groups excluding carboxylic acids is 1. The van der Waals surface area contributed by atoms with Crippen LogP contribution >= 0.6 is 27.7 Å². The molecule has 4 N–H and O–H groups in total. The zero-order chi connectivity index (χ0) is 22.2. The number of methoxy groups -OCH3 is 2. The second-order valence-electron chi connectivity index (χ2n) is 6.01. The van der Waals surface area contributed by atoms with E-state index in [-0.39, 0.29) is 17.6 Å². The van der Waals surface area contributed by atoms with E-state index in [9.17, 15) is 4.79 Å². The van der Waals surface area contributed by atoms with E-state index in [0.717, 1.165) is 21.8 Å². The molecule has 0 aliphatic rings. The molecule has 162 valence electrons. The Balaban J connectivity index is 1.55. The maximum atomic E-state index is 12.1. The number of halogens is 1. The SMILES string of the molecule is COc1ccc(/C=N/Nc2nnc(SCC(=O)Nc3cccc(Br)c3)n2N)cc1OC. The molecule has 0 spiro atoms. The third kappa shape index (κ3) is 6.12. The van der Waals surface area contributed by atoms with E-state index in [2.05, 4.69) is 42.0 Å². The van der Waals surface area contributed by atoms with Gasteiger partial charge < -0.3 is 20.6 Å². The van der Waals surface area contributed by atoms with Gasteiger partial charge in [0.15, 0.2) is 11.5 Å². The van der Waals surface area contributed by atoms with E-state index in [4.69, 9.17) is 15.3 Å². The highest BCUT2D eigenvalue weighted by Gasteiger charge is 2.12. The van der Waals surface area contributed by atoms with Gasteiger partial charge in [0.1, 0.15) is 0 Å². The first-order chi connectivity index (χ1) is 15.0. The molecule has 0 bridgehead atoms. The molecule has 0 aliphatic heterocycles. The van der Waals surface area contributed by atoms with E-state index in [1.54, 1.807) is 38.6 Å². The Morgan fingerprint density at radius 2 is 2.03 bits per heavy atom. The molecule has 0 saturated heterocycles. The fourth-order valence-electron chi connectivity index (χ4n) is 2.44. The lowest BCUT2D eigenvalue weighted by Gasteiger charge is -2.07. The van der Waals surface area contributed by atoms with E-state index in [1.165, 1.54) is 4.68 Å². The van der Waals surface area contributed by atoms with Crippen molar-refractivity contribution >= 4 is 51.4 Å². The van der Waals surface area contributed by atoms with Crippen molar-refractivity contribution in [2.24, 2.45) is 5.10 Å². The van der Waals surface area contributed by atoms with Crippen LogP contribution in [0, 0.1) is 0 Å². The fraction of sp³-hybridized carbons (Fsp3) is 0.158. The molecule has 10 nitrogen and oxygen atoms in total. The molecule has 0 radical (unpaired) electrons. The number of thioether (sulfide) groups is 1. The number of hydrogen-bond acceptors (Lipinski definition) is 9. The number of nitrogen functional groups attached to an aromatic ring is 1. The maximum Gasteiger partial charge on any atom is 0.264 e. The predicted octanol–water partition coefficient (Wildman–Crippen LogP) is 2.95. The van der Waals surface area contributed by atoms with Crippen molar-refractivity contribution < 1.29 is 14.3 Å². The first-order valence-electron chi connectivity index (χ1n) is 8.90. The number of ether oxygens (including phenoxy) is 2. The molecule has 0 fully saturated rings. The number of aromatic nitrogens is 3. The van der Waals surface area contributed by atoms with Crippen LogP contribution in [0.15, 0.2) is 57.2 Å². The lowest BCUT2D eigenvalue weighted by atomic mass is 10.2. The summed E-state index contributed by atoms with van der Waals surface area (Å²) >= 11 is 4.52. The molecule has 2 aromatic carbocycles. The standard InChI is InChI=1S/C19H20BrN7O3S/c1-29-15-7-6-12(8-16(15)30-2)10-22-24-18-25-26-19(27(18)21)31-11-17(28)23-14-5-3-4-13(20)9-14/h3-10H,11,21H2,1-2H3,(H,23,28)(H,24,25)/b22-10+. The van der Waals surface area contributed by atoms with Crippen molar-refractivity contribution in [3.05, 3.63) is 52.5 Å². The molecule has 3 aromatic rings. The average molecular weight is 506 g/mol. The van der Waals surface area contributed by atoms with E-state index >= 15 is 0 Å². The van der Waals surface area contributed by atoms with Crippen molar-refractivity contribution in [3.8, 4) is 11.5 Å². The summed E-state index contributed by atoms with van der Waals surface area (Å²) in [5, 5.41) is 15.2. The number of benzene rings is 2. The quantitative estimate of drug-likeness (QED) is 0.175. The van der Waals surface area contributed by atoms with Gasteiger partial charge in [-0.25, -0.2) is 10.1 Å². The lowest BCUT2D eigenvalue weighted by Crippen LogP contribution is -2.16. The van der Waals surface area contributed by atoms with Crippen molar-refractivity contribution in [3.63, 3.8) is 0 Å². The van der Waals surface area contributed by atoms with Crippen LogP contribution in [0.3, 0.4) is 0 Å². The van der Waals surface area contributed by atoms with Gasteiger partial charge in [0.05, 0.1) is 26.2 Å². The van der Waals surface area contributed by atoms with Crippen molar-refractivity contribution in [2.75, 3.05) is 36.6 Å². The van der Waals surface area contributed by atoms with Crippen LogP contribution in [-0.4, -0.2) is 47.0 Å². The minimum absolute atomic E-state index is 0.122. The number of anilines is 2. The van der Waals surface area contributed by atoms with Gasteiger partial charge in [0, 0.05) is 10.2 Å².